The Kier molecular flexibility index (Phi) is 6.16. The third-order valence-corrected chi connectivity index (χ3v) is 4.82. The van der Waals surface area contributed by atoms with Crippen LogP contribution in [-0.4, -0.2) is 45.0 Å². The van der Waals surface area contributed by atoms with E-state index in [9.17, 15) is 14.4 Å². The van der Waals surface area contributed by atoms with E-state index in [1.807, 2.05) is 6.92 Å². The van der Waals surface area contributed by atoms with Crippen molar-refractivity contribution in [3.05, 3.63) is 49.9 Å². The summed E-state index contributed by atoms with van der Waals surface area (Å²) < 4.78 is 19.8. The van der Waals surface area contributed by atoms with Gasteiger partial charge in [-0.3, -0.25) is 13.9 Å². The summed E-state index contributed by atoms with van der Waals surface area (Å²) in [6.07, 6.45) is 1.43. The van der Waals surface area contributed by atoms with Crippen molar-refractivity contribution in [2.45, 2.75) is 13.5 Å². The topological polar surface area (TPSA) is 107 Å². The summed E-state index contributed by atoms with van der Waals surface area (Å²) in [6, 6.07) is 2.92. The number of rotatable bonds is 7. The fourth-order valence-electron chi connectivity index (χ4n) is 3.01. The van der Waals surface area contributed by atoms with Gasteiger partial charge >= 0.3 is 11.7 Å². The molecule has 160 valence electrons. The maximum atomic E-state index is 12.4. The lowest BCUT2D eigenvalue weighted by Crippen LogP contribution is -2.37. The largest absolute Gasteiger partial charge is 0.493 e. The lowest BCUT2D eigenvalue weighted by Gasteiger charge is -2.13. The van der Waals surface area contributed by atoms with Crippen LogP contribution in [-0.2, 0) is 25.4 Å². The Hall–Kier alpha value is -3.27. The molecule has 10 nitrogen and oxygen atoms in total. The van der Waals surface area contributed by atoms with Gasteiger partial charge in [0.1, 0.15) is 6.61 Å². The van der Waals surface area contributed by atoms with Crippen molar-refractivity contribution >= 4 is 28.7 Å². The third-order valence-electron chi connectivity index (χ3n) is 4.54. The van der Waals surface area contributed by atoms with Crippen LogP contribution < -0.4 is 20.7 Å². The molecule has 0 aliphatic rings. The Morgan fingerprint density at radius 3 is 2.60 bits per heavy atom. The Bertz CT molecular complexity index is 1230. The van der Waals surface area contributed by atoms with Gasteiger partial charge in [0.05, 0.1) is 37.2 Å². The highest BCUT2D eigenvalue weighted by molar-refractivity contribution is 6.32. The highest BCUT2D eigenvalue weighted by Gasteiger charge is 2.18. The number of fused-ring (bicyclic) bond motifs is 1. The quantitative estimate of drug-likeness (QED) is 0.514. The number of aromatic nitrogens is 4. The molecule has 0 bridgehead atoms. The van der Waals surface area contributed by atoms with Crippen molar-refractivity contribution in [1.82, 2.24) is 18.7 Å². The van der Waals surface area contributed by atoms with E-state index in [4.69, 9.17) is 25.8 Å². The molecule has 0 aliphatic carbocycles. The van der Waals surface area contributed by atoms with Gasteiger partial charge < -0.3 is 18.8 Å². The smallest absolute Gasteiger partial charge is 0.338 e. The van der Waals surface area contributed by atoms with Gasteiger partial charge in [-0.15, -0.1) is 0 Å². The molecule has 11 heteroatoms. The highest BCUT2D eigenvalue weighted by Crippen LogP contribution is 2.36. The van der Waals surface area contributed by atoms with Crippen molar-refractivity contribution in [3.8, 4) is 11.5 Å². The number of aryl methyl sites for hydroxylation is 1. The summed E-state index contributed by atoms with van der Waals surface area (Å²) in [6.45, 7) is 2.35. The molecule has 30 heavy (non-hydrogen) atoms. The molecule has 0 atom stereocenters. The number of imidazole rings is 1. The second kappa shape index (κ2) is 8.62. The van der Waals surface area contributed by atoms with Gasteiger partial charge in [0, 0.05) is 14.1 Å². The van der Waals surface area contributed by atoms with Crippen LogP contribution in [0.25, 0.3) is 11.2 Å². The number of benzene rings is 1. The number of halogens is 1. The number of hydrogen-bond donors (Lipinski definition) is 0. The maximum Gasteiger partial charge on any atom is 0.338 e. The molecule has 0 N–H and O–H groups in total. The molecule has 0 saturated heterocycles. The van der Waals surface area contributed by atoms with Crippen molar-refractivity contribution in [2.24, 2.45) is 14.1 Å². The van der Waals surface area contributed by atoms with E-state index >= 15 is 0 Å². The number of methoxy groups -OCH3 is 1. The monoisotopic (exact) mass is 436 g/mol. The van der Waals surface area contributed by atoms with Crippen LogP contribution in [0.5, 0.6) is 11.5 Å². The van der Waals surface area contributed by atoms with Gasteiger partial charge in [0.2, 0.25) is 0 Å². The Morgan fingerprint density at radius 1 is 1.20 bits per heavy atom. The van der Waals surface area contributed by atoms with Crippen molar-refractivity contribution in [3.63, 3.8) is 0 Å². The molecule has 1 aromatic carbocycles. The minimum atomic E-state index is -0.608. The summed E-state index contributed by atoms with van der Waals surface area (Å²) in [5, 5.41) is 0.230. The van der Waals surface area contributed by atoms with E-state index in [-0.39, 0.29) is 34.9 Å². The number of carbonyl (C=O) groups excluding carboxylic acids is 1. The standard InChI is InChI=1S/C19H21ClN4O6/c1-5-29-15-12(20)8-11(9-13(15)28-4)18(26)30-7-6-24-10-21-16-14(24)17(25)23(3)19(27)22(16)2/h8-10H,5-7H2,1-4H3. The van der Waals surface area contributed by atoms with Crippen LogP contribution in [0.15, 0.2) is 28.0 Å². The number of esters is 1. The van der Waals surface area contributed by atoms with Gasteiger partial charge in [-0.1, -0.05) is 11.6 Å². The summed E-state index contributed by atoms with van der Waals surface area (Å²) in [7, 11) is 4.37. The van der Waals surface area contributed by atoms with E-state index in [0.29, 0.717) is 18.1 Å². The Balaban J connectivity index is 1.78. The summed E-state index contributed by atoms with van der Waals surface area (Å²) in [5.41, 5.74) is -0.224. The van der Waals surface area contributed by atoms with E-state index in [1.54, 1.807) is 0 Å². The Morgan fingerprint density at radius 2 is 1.93 bits per heavy atom. The summed E-state index contributed by atoms with van der Waals surface area (Å²) >= 11 is 6.19. The van der Waals surface area contributed by atoms with Gasteiger partial charge in [-0.25, -0.2) is 14.6 Å². The SMILES string of the molecule is CCOc1c(Cl)cc(C(=O)OCCn2cnc3c2c(=O)n(C)c(=O)n3C)cc1OC. The van der Waals surface area contributed by atoms with Gasteiger partial charge in [0.15, 0.2) is 22.7 Å². The van der Waals surface area contributed by atoms with E-state index < -0.39 is 17.2 Å². The minimum absolute atomic E-state index is 0.0244. The normalized spacial score (nSPS) is 11.0. The molecule has 3 aromatic rings. The predicted octanol–water partition coefficient (Wildman–Crippen LogP) is 1.35. The maximum absolute atomic E-state index is 12.4. The molecule has 0 saturated carbocycles. The van der Waals surface area contributed by atoms with Crippen molar-refractivity contribution < 1.29 is 19.0 Å². The fourth-order valence-corrected chi connectivity index (χ4v) is 3.27. The van der Waals surface area contributed by atoms with E-state index in [2.05, 4.69) is 4.98 Å². The summed E-state index contributed by atoms with van der Waals surface area (Å²) in [4.78, 5) is 41.0. The minimum Gasteiger partial charge on any atom is -0.493 e. The number of hydrogen-bond acceptors (Lipinski definition) is 7. The molecule has 0 amide bonds. The first-order valence-corrected chi connectivity index (χ1v) is 9.46. The first-order valence-electron chi connectivity index (χ1n) is 9.08. The first-order chi connectivity index (χ1) is 14.3. The van der Waals surface area contributed by atoms with Crippen molar-refractivity contribution in [1.29, 1.82) is 0 Å². The molecule has 0 unspecified atom stereocenters. The van der Waals surface area contributed by atoms with Crippen LogP contribution in [0, 0.1) is 0 Å². The molecule has 0 radical (unpaired) electrons. The van der Waals surface area contributed by atoms with Crippen molar-refractivity contribution in [2.75, 3.05) is 20.3 Å². The second-order valence-corrected chi connectivity index (χ2v) is 6.78. The highest BCUT2D eigenvalue weighted by atomic mass is 35.5. The molecule has 3 rings (SSSR count). The molecule has 2 aromatic heterocycles. The molecule has 0 spiro atoms. The zero-order valence-electron chi connectivity index (χ0n) is 17.0. The molecule has 2 heterocycles. The molecule has 0 aliphatic heterocycles. The number of nitrogens with zero attached hydrogens (tertiary/aromatic N) is 4. The number of carbonyl (C=O) groups is 1. The lowest BCUT2D eigenvalue weighted by atomic mass is 10.2. The van der Waals surface area contributed by atoms with Crippen LogP contribution in [0.3, 0.4) is 0 Å². The second-order valence-electron chi connectivity index (χ2n) is 6.37. The number of ether oxygens (including phenoxy) is 3. The summed E-state index contributed by atoms with van der Waals surface area (Å²) in [5.74, 6) is 0.0637. The zero-order valence-corrected chi connectivity index (χ0v) is 17.7. The van der Waals surface area contributed by atoms with E-state index in [1.165, 1.54) is 48.8 Å². The third kappa shape index (κ3) is 3.78. The fraction of sp³-hybridized carbons (Fsp3) is 0.368. The average Bonchev–Trinajstić information content (AvgIpc) is 3.16. The lowest BCUT2D eigenvalue weighted by molar-refractivity contribution is 0.0492. The van der Waals surface area contributed by atoms with Crippen LogP contribution in [0.4, 0.5) is 0 Å². The van der Waals surface area contributed by atoms with Crippen LogP contribution >= 0.6 is 11.6 Å². The molecule has 0 fully saturated rings. The molecular weight excluding hydrogens is 416 g/mol. The van der Waals surface area contributed by atoms with Gasteiger partial charge in [-0.2, -0.15) is 0 Å². The first kappa shape index (κ1) is 21.4. The van der Waals surface area contributed by atoms with Crippen LogP contribution in [0.2, 0.25) is 5.02 Å². The van der Waals surface area contributed by atoms with E-state index in [0.717, 1.165) is 4.57 Å². The van der Waals surface area contributed by atoms with Gasteiger partial charge in [-0.05, 0) is 19.1 Å². The molecular formula is C19H21ClN4O6. The van der Waals surface area contributed by atoms with Gasteiger partial charge in [0.25, 0.3) is 5.56 Å². The zero-order chi connectivity index (χ0) is 22.0. The Labute approximate surface area is 176 Å². The average molecular weight is 437 g/mol. The predicted molar refractivity (Wildman–Crippen MR) is 110 cm³/mol. The van der Waals surface area contributed by atoms with Crippen LogP contribution in [0.1, 0.15) is 17.3 Å².